The smallest absolute Gasteiger partial charge is 0.368 e. The lowest BCUT2D eigenvalue weighted by molar-refractivity contribution is 0.256. The van der Waals surface area contributed by atoms with Crippen LogP contribution in [0.3, 0.4) is 0 Å². The van der Waals surface area contributed by atoms with Crippen molar-refractivity contribution in [3.05, 3.63) is 59.2 Å². The highest BCUT2D eigenvalue weighted by molar-refractivity contribution is 5.86. The number of pyridine rings is 1. The normalized spacial score (nSPS) is 15.9. The zero-order valence-corrected chi connectivity index (χ0v) is 16.2. The number of benzene rings is 2. The van der Waals surface area contributed by atoms with Crippen molar-refractivity contribution in [3.63, 3.8) is 0 Å². The van der Waals surface area contributed by atoms with Crippen molar-refractivity contribution in [1.29, 1.82) is 0 Å². The molecule has 6 nitrogen and oxygen atoms in total. The van der Waals surface area contributed by atoms with Crippen LogP contribution in [0.1, 0.15) is 19.3 Å². The number of carbonyl (C=O) groups is 1. The predicted molar refractivity (Wildman–Crippen MR) is 111 cm³/mol. The third kappa shape index (κ3) is 3.63. The van der Waals surface area contributed by atoms with Crippen LogP contribution < -0.4 is 15.5 Å². The summed E-state index contributed by atoms with van der Waals surface area (Å²) in [5, 5.41) is 1.99. The van der Waals surface area contributed by atoms with Crippen LogP contribution in [0, 0.1) is 0 Å². The molecule has 0 N–H and O–H groups in total. The number of para-hydroxylation sites is 1. The Bertz CT molecular complexity index is 1200. The highest BCUT2D eigenvalue weighted by Gasteiger charge is 2.16. The van der Waals surface area contributed by atoms with Gasteiger partial charge in [0.05, 0.1) is 17.8 Å². The van der Waals surface area contributed by atoms with E-state index >= 15 is 0 Å². The van der Waals surface area contributed by atoms with E-state index in [1.807, 2.05) is 48.5 Å². The quantitative estimate of drug-likeness (QED) is 0.611. The average Bonchev–Trinajstić information content (AvgIpc) is 3.40. The summed E-state index contributed by atoms with van der Waals surface area (Å²) in [5.41, 5.74) is 2.33. The molecule has 29 heavy (non-hydrogen) atoms. The average molecular weight is 386 g/mol. The van der Waals surface area contributed by atoms with Gasteiger partial charge in [0.25, 0.3) is 0 Å². The second kappa shape index (κ2) is 7.72. The van der Waals surface area contributed by atoms with Crippen molar-refractivity contribution in [3.8, 4) is 17.0 Å². The van der Waals surface area contributed by atoms with Crippen LogP contribution >= 0.6 is 0 Å². The van der Waals surface area contributed by atoms with E-state index in [9.17, 15) is 4.79 Å². The molecular formula is C23H22N4O2. The summed E-state index contributed by atoms with van der Waals surface area (Å²) in [6.45, 7) is 4.19. The number of carbonyl (C=O) groups excluding carboxylic acids is 1. The van der Waals surface area contributed by atoms with Crippen LogP contribution in [0.15, 0.2) is 58.5 Å². The van der Waals surface area contributed by atoms with E-state index in [0.717, 1.165) is 35.2 Å². The standard InChI is InChI=1S/C23H22N4O2/c28-23-25-21-18-9-1-2-10-19(18)24-20(22(21)26-23)16-7-5-8-17(15-16)29-14-6-13-27-11-3-4-12-27/h1-2,5,7-10,15H,3-4,6,11-14H2. The fourth-order valence-electron chi connectivity index (χ4n) is 4.04. The van der Waals surface area contributed by atoms with Gasteiger partial charge in [-0.15, -0.1) is 0 Å². The molecule has 2 aliphatic rings. The lowest BCUT2D eigenvalue weighted by atomic mass is 10.1. The lowest BCUT2D eigenvalue weighted by Gasteiger charge is -2.14. The first kappa shape index (κ1) is 17.9. The van der Waals surface area contributed by atoms with Crippen molar-refractivity contribution in [2.24, 2.45) is 9.98 Å². The van der Waals surface area contributed by atoms with E-state index in [2.05, 4.69) is 14.9 Å². The van der Waals surface area contributed by atoms with Crippen LogP contribution in [0.25, 0.3) is 22.2 Å². The molecule has 1 saturated heterocycles. The minimum atomic E-state index is -0.478. The van der Waals surface area contributed by atoms with Crippen LogP contribution in [0.5, 0.6) is 5.75 Å². The highest BCUT2D eigenvalue weighted by atomic mass is 16.5. The Hall–Kier alpha value is -3.12. The molecule has 0 spiro atoms. The van der Waals surface area contributed by atoms with E-state index in [0.29, 0.717) is 23.0 Å². The molecule has 1 fully saturated rings. The first-order valence-corrected chi connectivity index (χ1v) is 10.1. The van der Waals surface area contributed by atoms with Gasteiger partial charge in [0.15, 0.2) is 0 Å². The third-order valence-electron chi connectivity index (χ3n) is 5.45. The molecule has 0 aliphatic carbocycles. The Kier molecular flexibility index (Phi) is 4.77. The Balaban J connectivity index is 1.42. The molecule has 0 radical (unpaired) electrons. The van der Waals surface area contributed by atoms with Gasteiger partial charge in [-0.1, -0.05) is 30.3 Å². The Morgan fingerprint density at radius 2 is 1.79 bits per heavy atom. The fourth-order valence-corrected chi connectivity index (χ4v) is 4.04. The number of urea groups is 1. The van der Waals surface area contributed by atoms with Gasteiger partial charge in [0.1, 0.15) is 16.5 Å². The summed E-state index contributed by atoms with van der Waals surface area (Å²) in [6.07, 6.45) is 3.63. The zero-order valence-electron chi connectivity index (χ0n) is 16.2. The zero-order chi connectivity index (χ0) is 19.6. The van der Waals surface area contributed by atoms with Gasteiger partial charge in [-0.25, -0.2) is 9.78 Å². The Morgan fingerprint density at radius 1 is 0.966 bits per heavy atom. The second-order valence-electron chi connectivity index (χ2n) is 7.46. The molecule has 0 unspecified atom stereocenters. The molecule has 1 aromatic heterocycles. The van der Waals surface area contributed by atoms with Crippen molar-refractivity contribution in [2.75, 3.05) is 26.2 Å². The van der Waals surface area contributed by atoms with Crippen molar-refractivity contribution in [2.45, 2.75) is 19.3 Å². The van der Waals surface area contributed by atoms with Gasteiger partial charge >= 0.3 is 6.03 Å². The van der Waals surface area contributed by atoms with Gasteiger partial charge in [-0.2, -0.15) is 9.98 Å². The number of amides is 2. The molecule has 3 heterocycles. The van der Waals surface area contributed by atoms with E-state index < -0.39 is 6.03 Å². The summed E-state index contributed by atoms with van der Waals surface area (Å²) >= 11 is 0. The minimum Gasteiger partial charge on any atom is -0.494 e. The number of likely N-dealkylation sites (tertiary alicyclic amines) is 1. The summed E-state index contributed by atoms with van der Waals surface area (Å²) < 4.78 is 5.98. The van der Waals surface area contributed by atoms with Crippen LogP contribution in [0.4, 0.5) is 4.79 Å². The monoisotopic (exact) mass is 386 g/mol. The van der Waals surface area contributed by atoms with Gasteiger partial charge in [0.2, 0.25) is 0 Å². The number of ether oxygens (including phenoxy) is 1. The Morgan fingerprint density at radius 3 is 2.69 bits per heavy atom. The molecule has 3 aromatic rings. The third-order valence-corrected chi connectivity index (χ3v) is 5.45. The van der Waals surface area contributed by atoms with Crippen LogP contribution in [-0.2, 0) is 0 Å². The number of rotatable bonds is 6. The van der Waals surface area contributed by atoms with E-state index in [4.69, 9.17) is 9.72 Å². The van der Waals surface area contributed by atoms with E-state index in [1.54, 1.807) is 0 Å². The molecule has 2 aliphatic heterocycles. The SMILES string of the molecule is O=C1N=c2c(-c3cccc(OCCCN4CCCC4)c3)nc3ccccc3c2=N1. The minimum absolute atomic E-state index is 0.478. The maximum absolute atomic E-state index is 11.9. The van der Waals surface area contributed by atoms with Gasteiger partial charge < -0.3 is 9.64 Å². The highest BCUT2D eigenvalue weighted by Crippen LogP contribution is 2.22. The predicted octanol–water partition coefficient (Wildman–Crippen LogP) is 3.14. The largest absolute Gasteiger partial charge is 0.494 e. The summed E-state index contributed by atoms with van der Waals surface area (Å²) in [6, 6.07) is 15.0. The summed E-state index contributed by atoms with van der Waals surface area (Å²) in [7, 11) is 0. The number of fused-ring (bicyclic) bond motifs is 3. The molecule has 5 rings (SSSR count). The van der Waals surface area contributed by atoms with Gasteiger partial charge in [-0.05, 0) is 50.6 Å². The van der Waals surface area contributed by atoms with Crippen molar-refractivity contribution >= 4 is 16.9 Å². The maximum Gasteiger partial charge on any atom is 0.368 e. The van der Waals surface area contributed by atoms with Crippen LogP contribution in [-0.4, -0.2) is 42.2 Å². The number of hydrogen-bond acceptors (Lipinski definition) is 4. The van der Waals surface area contributed by atoms with E-state index in [1.165, 1.54) is 25.9 Å². The molecule has 146 valence electrons. The second-order valence-corrected chi connectivity index (χ2v) is 7.46. The first-order valence-electron chi connectivity index (χ1n) is 10.1. The topological polar surface area (TPSA) is 67.2 Å². The fraction of sp³-hybridized carbons (Fsp3) is 0.304. The lowest BCUT2D eigenvalue weighted by Crippen LogP contribution is -2.26. The Labute approximate surface area is 168 Å². The van der Waals surface area contributed by atoms with E-state index in [-0.39, 0.29) is 0 Å². The van der Waals surface area contributed by atoms with Crippen LogP contribution in [0.2, 0.25) is 0 Å². The van der Waals surface area contributed by atoms with Gasteiger partial charge in [0, 0.05) is 17.5 Å². The first-order chi connectivity index (χ1) is 14.3. The maximum atomic E-state index is 11.9. The van der Waals surface area contributed by atoms with Gasteiger partial charge in [-0.3, -0.25) is 0 Å². The number of hydrogen-bond donors (Lipinski definition) is 0. The molecule has 0 bridgehead atoms. The van der Waals surface area contributed by atoms with Crippen molar-refractivity contribution < 1.29 is 9.53 Å². The molecule has 2 amide bonds. The summed E-state index contributed by atoms with van der Waals surface area (Å²) in [5.74, 6) is 0.800. The summed E-state index contributed by atoms with van der Waals surface area (Å²) in [4.78, 5) is 27.4. The molecule has 0 atom stereocenters. The molecular weight excluding hydrogens is 364 g/mol. The number of aromatic nitrogens is 1. The number of nitrogens with zero attached hydrogens (tertiary/aromatic N) is 4. The van der Waals surface area contributed by atoms with Crippen molar-refractivity contribution in [1.82, 2.24) is 9.88 Å². The molecule has 2 aromatic carbocycles. The molecule has 0 saturated carbocycles. The molecule has 6 heteroatoms.